The van der Waals surface area contributed by atoms with Crippen LogP contribution in [0.5, 0.6) is 11.5 Å². The molecule has 6 heteroatoms. The van der Waals surface area contributed by atoms with Gasteiger partial charge in [0.1, 0.15) is 11.5 Å². The predicted molar refractivity (Wildman–Crippen MR) is 129 cm³/mol. The first kappa shape index (κ1) is 25.2. The molecule has 0 bridgehead atoms. The van der Waals surface area contributed by atoms with Crippen molar-refractivity contribution in [2.45, 2.75) is 65.2 Å². The summed E-state index contributed by atoms with van der Waals surface area (Å²) in [7, 11) is 0. The molecule has 0 radical (unpaired) electrons. The smallest absolute Gasteiger partial charge is 0.221 e. The molecule has 2 aromatic rings. The van der Waals surface area contributed by atoms with E-state index >= 15 is 0 Å². The van der Waals surface area contributed by atoms with Crippen molar-refractivity contribution in [2.24, 2.45) is 0 Å². The van der Waals surface area contributed by atoms with E-state index in [0.29, 0.717) is 0 Å². The van der Waals surface area contributed by atoms with Gasteiger partial charge in [0.25, 0.3) is 0 Å². The van der Waals surface area contributed by atoms with Gasteiger partial charge in [-0.25, -0.2) is 0 Å². The highest BCUT2D eigenvalue weighted by Crippen LogP contribution is 2.17. The maximum Gasteiger partial charge on any atom is 0.221 e. The number of benzene rings is 2. The Bertz CT molecular complexity index is 734. The van der Waals surface area contributed by atoms with Gasteiger partial charge in [-0.3, -0.25) is 9.59 Å². The molecule has 0 saturated heterocycles. The normalized spacial score (nSPS) is 10.4. The number of nitrogens with one attached hydrogen (secondary N) is 2. The van der Waals surface area contributed by atoms with Crippen molar-refractivity contribution in [3.8, 4) is 11.5 Å². The summed E-state index contributed by atoms with van der Waals surface area (Å²) in [6.07, 6.45) is 9.48. The summed E-state index contributed by atoms with van der Waals surface area (Å²) in [5, 5.41) is 5.49. The molecule has 0 fully saturated rings. The van der Waals surface area contributed by atoms with Crippen molar-refractivity contribution in [2.75, 3.05) is 23.8 Å². The molecule has 0 aliphatic carbocycles. The Hall–Kier alpha value is -3.02. The highest BCUT2D eigenvalue weighted by molar-refractivity contribution is 5.89. The first-order valence-corrected chi connectivity index (χ1v) is 11.5. The molecule has 0 saturated carbocycles. The molecule has 0 aliphatic rings. The fraction of sp³-hybridized carbons (Fsp3) is 0.462. The molecule has 0 spiro atoms. The first-order valence-electron chi connectivity index (χ1n) is 11.5. The van der Waals surface area contributed by atoms with E-state index in [4.69, 9.17) is 9.47 Å². The lowest BCUT2D eigenvalue weighted by Crippen LogP contribution is -2.05. The standard InChI is InChI=1S/C26H36N2O4/c1-21(29)27-23-11-15-25(16-12-23)31-19-9-7-5-3-4-6-8-10-20-32-26-17-13-24(14-18-26)28-22(2)30/h11-18H,3-10,19-20H2,1-2H3,(H,27,29)(H,28,30). The molecule has 6 nitrogen and oxygen atoms in total. The minimum absolute atomic E-state index is 0.0709. The topological polar surface area (TPSA) is 76.7 Å². The molecular weight excluding hydrogens is 404 g/mol. The largest absolute Gasteiger partial charge is 0.494 e. The van der Waals surface area contributed by atoms with E-state index in [0.717, 1.165) is 48.9 Å². The van der Waals surface area contributed by atoms with Crippen LogP contribution in [0.3, 0.4) is 0 Å². The second-order valence-corrected chi connectivity index (χ2v) is 7.94. The predicted octanol–water partition coefficient (Wildman–Crippen LogP) is 6.18. The van der Waals surface area contributed by atoms with E-state index in [2.05, 4.69) is 10.6 Å². The Morgan fingerprint density at radius 2 is 0.875 bits per heavy atom. The molecule has 2 rings (SSSR count). The maximum atomic E-state index is 11.0. The zero-order chi connectivity index (χ0) is 23.0. The van der Waals surface area contributed by atoms with Crippen LogP contribution in [0, 0.1) is 0 Å². The van der Waals surface area contributed by atoms with E-state index in [-0.39, 0.29) is 11.8 Å². The molecule has 0 aliphatic heterocycles. The van der Waals surface area contributed by atoms with Crippen molar-refractivity contribution in [3.05, 3.63) is 48.5 Å². The fourth-order valence-electron chi connectivity index (χ4n) is 3.32. The molecule has 0 aromatic heterocycles. The van der Waals surface area contributed by atoms with Crippen molar-refractivity contribution in [1.82, 2.24) is 0 Å². The van der Waals surface area contributed by atoms with Crippen molar-refractivity contribution >= 4 is 23.2 Å². The summed E-state index contributed by atoms with van der Waals surface area (Å²) in [5.74, 6) is 1.53. The van der Waals surface area contributed by atoms with Gasteiger partial charge in [-0.15, -0.1) is 0 Å². The lowest BCUT2D eigenvalue weighted by molar-refractivity contribution is -0.115. The second-order valence-electron chi connectivity index (χ2n) is 7.94. The average molecular weight is 441 g/mol. The third kappa shape index (κ3) is 11.4. The number of carbonyl (C=O) groups excluding carboxylic acids is 2. The van der Waals surface area contributed by atoms with E-state index in [1.807, 2.05) is 48.5 Å². The van der Waals surface area contributed by atoms with Crippen molar-refractivity contribution < 1.29 is 19.1 Å². The number of anilines is 2. The number of amides is 2. The molecule has 0 unspecified atom stereocenters. The van der Waals surface area contributed by atoms with Gasteiger partial charge in [-0.05, 0) is 61.4 Å². The molecule has 0 atom stereocenters. The molecule has 2 amide bonds. The fourth-order valence-corrected chi connectivity index (χ4v) is 3.32. The summed E-state index contributed by atoms with van der Waals surface area (Å²) < 4.78 is 11.5. The summed E-state index contributed by atoms with van der Waals surface area (Å²) in [6, 6.07) is 15.0. The third-order valence-corrected chi connectivity index (χ3v) is 4.93. The number of rotatable bonds is 15. The van der Waals surface area contributed by atoms with Crippen LogP contribution >= 0.6 is 0 Å². The van der Waals surface area contributed by atoms with Crippen molar-refractivity contribution in [3.63, 3.8) is 0 Å². The second kappa shape index (κ2) is 14.9. The lowest BCUT2D eigenvalue weighted by atomic mass is 10.1. The molecule has 174 valence electrons. The van der Waals surface area contributed by atoms with Crippen LogP contribution in [0.2, 0.25) is 0 Å². The number of hydrogen-bond donors (Lipinski definition) is 2. The van der Waals surface area contributed by atoms with Crippen LogP contribution in [-0.2, 0) is 9.59 Å². The number of ether oxygens (including phenoxy) is 2. The van der Waals surface area contributed by atoms with Gasteiger partial charge < -0.3 is 20.1 Å². The van der Waals surface area contributed by atoms with Crippen LogP contribution in [-0.4, -0.2) is 25.0 Å². The van der Waals surface area contributed by atoms with E-state index < -0.39 is 0 Å². The van der Waals surface area contributed by atoms with Gasteiger partial charge in [0.05, 0.1) is 13.2 Å². The Morgan fingerprint density at radius 1 is 0.562 bits per heavy atom. The molecule has 2 aromatic carbocycles. The number of hydrogen-bond acceptors (Lipinski definition) is 4. The number of carbonyl (C=O) groups is 2. The van der Waals surface area contributed by atoms with Crippen LogP contribution in [0.4, 0.5) is 11.4 Å². The number of unbranched alkanes of at least 4 members (excludes halogenated alkanes) is 7. The first-order chi connectivity index (χ1) is 15.5. The van der Waals surface area contributed by atoms with E-state index in [1.54, 1.807) is 0 Å². The molecular formula is C26H36N2O4. The van der Waals surface area contributed by atoms with Gasteiger partial charge in [-0.2, -0.15) is 0 Å². The summed E-state index contributed by atoms with van der Waals surface area (Å²) in [6.45, 7) is 4.45. The zero-order valence-corrected chi connectivity index (χ0v) is 19.3. The highest BCUT2D eigenvalue weighted by Gasteiger charge is 1.99. The average Bonchev–Trinajstić information content (AvgIpc) is 2.76. The van der Waals surface area contributed by atoms with Crippen LogP contribution in [0.25, 0.3) is 0 Å². The van der Waals surface area contributed by atoms with Crippen LogP contribution in [0.1, 0.15) is 65.2 Å². The van der Waals surface area contributed by atoms with Gasteiger partial charge in [0.2, 0.25) is 11.8 Å². The maximum absolute atomic E-state index is 11.0. The van der Waals surface area contributed by atoms with Gasteiger partial charge >= 0.3 is 0 Å². The zero-order valence-electron chi connectivity index (χ0n) is 19.3. The van der Waals surface area contributed by atoms with Gasteiger partial charge in [-0.1, -0.05) is 38.5 Å². The summed E-state index contributed by atoms with van der Waals surface area (Å²) in [5.41, 5.74) is 1.57. The van der Waals surface area contributed by atoms with E-state index in [9.17, 15) is 9.59 Å². The molecule has 2 N–H and O–H groups in total. The third-order valence-electron chi connectivity index (χ3n) is 4.93. The Morgan fingerprint density at radius 3 is 1.19 bits per heavy atom. The van der Waals surface area contributed by atoms with E-state index in [1.165, 1.54) is 52.4 Å². The Balaban J connectivity index is 1.39. The quantitative estimate of drug-likeness (QED) is 0.324. The summed E-state index contributed by atoms with van der Waals surface area (Å²) in [4.78, 5) is 22.0. The van der Waals surface area contributed by atoms with Crippen LogP contribution in [0.15, 0.2) is 48.5 Å². The van der Waals surface area contributed by atoms with Crippen molar-refractivity contribution in [1.29, 1.82) is 0 Å². The monoisotopic (exact) mass is 440 g/mol. The minimum Gasteiger partial charge on any atom is -0.494 e. The van der Waals surface area contributed by atoms with Crippen LogP contribution < -0.4 is 20.1 Å². The minimum atomic E-state index is -0.0709. The van der Waals surface area contributed by atoms with Gasteiger partial charge in [0, 0.05) is 25.2 Å². The highest BCUT2D eigenvalue weighted by atomic mass is 16.5. The van der Waals surface area contributed by atoms with Gasteiger partial charge in [0.15, 0.2) is 0 Å². The lowest BCUT2D eigenvalue weighted by Gasteiger charge is -2.08. The molecule has 0 heterocycles. The Labute approximate surface area is 191 Å². The summed E-state index contributed by atoms with van der Waals surface area (Å²) >= 11 is 0. The molecule has 32 heavy (non-hydrogen) atoms. The SMILES string of the molecule is CC(=O)Nc1ccc(OCCCCCCCCCCOc2ccc(NC(C)=O)cc2)cc1. The Kier molecular flexibility index (Phi) is 11.7.